The fourth-order valence-electron chi connectivity index (χ4n) is 1.56. The molecular formula is C14H20BrNO. The maximum absolute atomic E-state index is 11.0. The first-order valence-electron chi connectivity index (χ1n) is 5.81. The number of halogens is 1. The van der Waals surface area contributed by atoms with Gasteiger partial charge in [-0.3, -0.25) is 4.79 Å². The fourth-order valence-corrected chi connectivity index (χ4v) is 1.73. The van der Waals surface area contributed by atoms with Crippen LogP contribution in [0.4, 0.5) is 4.79 Å². The summed E-state index contributed by atoms with van der Waals surface area (Å²) in [5, 5.41) is 0. The van der Waals surface area contributed by atoms with Gasteiger partial charge in [-0.1, -0.05) is 45.0 Å². The Kier molecular flexibility index (Phi) is 4.75. The molecule has 3 heteroatoms. The second-order valence-electron chi connectivity index (χ2n) is 5.37. The number of hydrogen-bond acceptors (Lipinski definition) is 1. The Morgan fingerprint density at radius 1 is 1.24 bits per heavy atom. The Balaban J connectivity index is 2.60. The summed E-state index contributed by atoms with van der Waals surface area (Å²) in [6.07, 6.45) is 0.887. The molecule has 1 rings (SSSR count). The second-order valence-corrected chi connectivity index (χ2v) is 6.05. The highest BCUT2D eigenvalue weighted by atomic mass is 79.9. The minimum Gasteiger partial charge on any atom is -0.336 e. The summed E-state index contributed by atoms with van der Waals surface area (Å²) in [4.78, 5) is 12.6. The van der Waals surface area contributed by atoms with Crippen molar-refractivity contribution >= 4 is 20.7 Å². The van der Waals surface area contributed by atoms with Gasteiger partial charge in [-0.05, 0) is 23.0 Å². The molecule has 0 aliphatic rings. The Bertz CT molecular complexity index is 378. The number of carbonyl (C=O) groups excluding carboxylic acids is 1. The molecule has 0 saturated heterocycles. The van der Waals surface area contributed by atoms with Crippen molar-refractivity contribution in [2.24, 2.45) is 0 Å². The van der Waals surface area contributed by atoms with E-state index in [1.807, 2.05) is 0 Å². The van der Waals surface area contributed by atoms with Gasteiger partial charge in [0, 0.05) is 29.5 Å². The monoisotopic (exact) mass is 297 g/mol. The number of rotatable bonds is 3. The van der Waals surface area contributed by atoms with Gasteiger partial charge in [0.15, 0.2) is 0 Å². The summed E-state index contributed by atoms with van der Waals surface area (Å²) in [6, 6.07) is 8.64. The first kappa shape index (κ1) is 14.2. The van der Waals surface area contributed by atoms with Gasteiger partial charge in [0.05, 0.1) is 0 Å². The van der Waals surface area contributed by atoms with Crippen LogP contribution >= 0.6 is 15.9 Å². The standard InChI is InChI=1S/C14H20BrNO/c1-14(2,3)12-7-5-11(6-8-12)9-10-16(4)13(15)17/h5-8H,9-10H2,1-4H3. The zero-order chi connectivity index (χ0) is 13.1. The van der Waals surface area contributed by atoms with Crippen molar-refractivity contribution in [3.63, 3.8) is 0 Å². The van der Waals surface area contributed by atoms with Crippen LogP contribution in [-0.2, 0) is 11.8 Å². The lowest BCUT2D eigenvalue weighted by molar-refractivity contribution is 0.235. The number of amides is 1. The molecule has 0 aromatic heterocycles. The average Bonchev–Trinajstić information content (AvgIpc) is 2.25. The third-order valence-corrected chi connectivity index (χ3v) is 3.46. The number of hydrogen-bond donors (Lipinski definition) is 0. The smallest absolute Gasteiger partial charge is 0.289 e. The molecule has 1 aromatic rings. The average molecular weight is 298 g/mol. The van der Waals surface area contributed by atoms with Gasteiger partial charge in [0.1, 0.15) is 0 Å². The summed E-state index contributed by atoms with van der Waals surface area (Å²) in [5.41, 5.74) is 2.80. The van der Waals surface area contributed by atoms with Crippen molar-refractivity contribution in [2.45, 2.75) is 32.6 Å². The van der Waals surface area contributed by atoms with E-state index in [2.05, 4.69) is 61.0 Å². The summed E-state index contributed by atoms with van der Waals surface area (Å²) in [6.45, 7) is 7.36. The molecule has 0 saturated carbocycles. The first-order valence-corrected chi connectivity index (χ1v) is 6.60. The van der Waals surface area contributed by atoms with Gasteiger partial charge in [0.2, 0.25) is 0 Å². The topological polar surface area (TPSA) is 20.3 Å². The van der Waals surface area contributed by atoms with E-state index in [1.165, 1.54) is 11.1 Å². The summed E-state index contributed by atoms with van der Waals surface area (Å²) >= 11 is 2.94. The van der Waals surface area contributed by atoms with E-state index in [-0.39, 0.29) is 10.2 Å². The number of carbonyl (C=O) groups is 1. The van der Waals surface area contributed by atoms with Crippen molar-refractivity contribution < 1.29 is 4.79 Å². The second kappa shape index (κ2) is 5.67. The SMILES string of the molecule is CN(CCc1ccc(C(C)(C)C)cc1)C(=O)Br. The zero-order valence-electron chi connectivity index (χ0n) is 11.0. The van der Waals surface area contributed by atoms with Gasteiger partial charge < -0.3 is 4.90 Å². The molecule has 1 amide bonds. The van der Waals surface area contributed by atoms with Crippen molar-refractivity contribution in [3.8, 4) is 0 Å². The molecule has 94 valence electrons. The highest BCUT2D eigenvalue weighted by molar-refractivity contribution is 9.18. The molecule has 0 fully saturated rings. The van der Waals surface area contributed by atoms with E-state index in [4.69, 9.17) is 0 Å². The first-order chi connectivity index (χ1) is 7.80. The molecule has 0 bridgehead atoms. The van der Waals surface area contributed by atoms with Crippen molar-refractivity contribution in [2.75, 3.05) is 13.6 Å². The summed E-state index contributed by atoms with van der Waals surface area (Å²) < 4.78 is 0. The highest BCUT2D eigenvalue weighted by Crippen LogP contribution is 2.22. The number of likely N-dealkylation sites (N-methyl/N-ethyl adjacent to an activating group) is 1. The molecule has 0 spiro atoms. The van der Waals surface area contributed by atoms with Gasteiger partial charge in [-0.25, -0.2) is 0 Å². The highest BCUT2D eigenvalue weighted by Gasteiger charge is 2.12. The van der Waals surface area contributed by atoms with E-state index >= 15 is 0 Å². The lowest BCUT2D eigenvalue weighted by atomic mass is 9.86. The van der Waals surface area contributed by atoms with Crippen molar-refractivity contribution in [1.82, 2.24) is 4.90 Å². The normalized spacial score (nSPS) is 11.4. The van der Waals surface area contributed by atoms with Gasteiger partial charge in [-0.2, -0.15) is 0 Å². The van der Waals surface area contributed by atoms with Crippen LogP contribution in [-0.4, -0.2) is 23.3 Å². The molecule has 0 heterocycles. The predicted molar refractivity (Wildman–Crippen MR) is 75.8 cm³/mol. The lowest BCUT2D eigenvalue weighted by Gasteiger charge is -2.19. The maximum Gasteiger partial charge on any atom is 0.289 e. The van der Waals surface area contributed by atoms with Crippen LogP contribution in [0.15, 0.2) is 24.3 Å². The minimum atomic E-state index is -0.0659. The van der Waals surface area contributed by atoms with Crippen LogP contribution < -0.4 is 0 Å². The van der Waals surface area contributed by atoms with E-state index in [0.717, 1.165) is 13.0 Å². The largest absolute Gasteiger partial charge is 0.336 e. The van der Waals surface area contributed by atoms with Crippen molar-refractivity contribution in [1.29, 1.82) is 0 Å². The lowest BCUT2D eigenvalue weighted by Crippen LogP contribution is -2.23. The molecule has 0 atom stereocenters. The molecule has 0 aliphatic carbocycles. The van der Waals surface area contributed by atoms with Crippen LogP contribution in [0.1, 0.15) is 31.9 Å². The van der Waals surface area contributed by atoms with Gasteiger partial charge in [0.25, 0.3) is 4.82 Å². The van der Waals surface area contributed by atoms with E-state index in [9.17, 15) is 4.79 Å². The van der Waals surface area contributed by atoms with Crippen molar-refractivity contribution in [3.05, 3.63) is 35.4 Å². The zero-order valence-corrected chi connectivity index (χ0v) is 12.5. The summed E-state index contributed by atoms with van der Waals surface area (Å²) in [7, 11) is 1.79. The Morgan fingerprint density at radius 2 is 1.76 bits per heavy atom. The van der Waals surface area contributed by atoms with Crippen LogP contribution in [0.3, 0.4) is 0 Å². The fraction of sp³-hybridized carbons (Fsp3) is 0.500. The van der Waals surface area contributed by atoms with Crippen LogP contribution in [0.2, 0.25) is 0 Å². The van der Waals surface area contributed by atoms with Crippen LogP contribution in [0.5, 0.6) is 0 Å². The third kappa shape index (κ3) is 4.50. The summed E-state index contributed by atoms with van der Waals surface area (Å²) in [5.74, 6) is 0. The number of nitrogens with zero attached hydrogens (tertiary/aromatic N) is 1. The molecule has 17 heavy (non-hydrogen) atoms. The van der Waals surface area contributed by atoms with Crippen LogP contribution in [0.25, 0.3) is 0 Å². The molecule has 0 unspecified atom stereocenters. The molecule has 1 aromatic carbocycles. The molecule has 2 nitrogen and oxygen atoms in total. The molecule has 0 aliphatic heterocycles. The molecule has 0 N–H and O–H groups in total. The molecular weight excluding hydrogens is 278 g/mol. The Labute approximate surface area is 112 Å². The number of benzene rings is 1. The predicted octanol–water partition coefficient (Wildman–Crippen LogP) is 3.97. The Morgan fingerprint density at radius 3 is 2.18 bits per heavy atom. The van der Waals surface area contributed by atoms with Crippen LogP contribution in [0, 0.1) is 0 Å². The third-order valence-electron chi connectivity index (χ3n) is 2.86. The quantitative estimate of drug-likeness (QED) is 0.610. The minimum absolute atomic E-state index is 0.0659. The van der Waals surface area contributed by atoms with Gasteiger partial charge in [-0.15, -0.1) is 0 Å². The van der Waals surface area contributed by atoms with E-state index in [1.54, 1.807) is 11.9 Å². The Hall–Kier alpha value is -0.830. The van der Waals surface area contributed by atoms with E-state index < -0.39 is 0 Å². The molecule has 0 radical (unpaired) electrons. The van der Waals surface area contributed by atoms with Gasteiger partial charge >= 0.3 is 0 Å². The van der Waals surface area contributed by atoms with E-state index in [0.29, 0.717) is 0 Å². The maximum atomic E-state index is 11.0.